The van der Waals surface area contributed by atoms with Crippen LogP contribution in [0.2, 0.25) is 0 Å². The minimum atomic E-state index is 0.342. The summed E-state index contributed by atoms with van der Waals surface area (Å²) in [6.07, 6.45) is 3.55. The van der Waals surface area contributed by atoms with Gasteiger partial charge in [0.1, 0.15) is 0 Å². The summed E-state index contributed by atoms with van der Waals surface area (Å²) < 4.78 is 0. The summed E-state index contributed by atoms with van der Waals surface area (Å²) >= 11 is 0. The van der Waals surface area contributed by atoms with Crippen molar-refractivity contribution in [1.82, 2.24) is 0 Å². The van der Waals surface area contributed by atoms with Gasteiger partial charge in [0.05, 0.1) is 0 Å². The molecule has 0 aromatic heterocycles. The monoisotopic (exact) mass is 140 g/mol. The molecule has 1 aliphatic carbocycles. The van der Waals surface area contributed by atoms with E-state index in [1.807, 2.05) is 0 Å². The molecule has 0 spiro atoms. The second-order valence-electron chi connectivity index (χ2n) is 3.30. The van der Waals surface area contributed by atoms with Crippen LogP contribution in [-0.2, 0) is 0 Å². The predicted octanol–water partition coefficient (Wildman–Crippen LogP) is 1.97. The van der Waals surface area contributed by atoms with Crippen molar-refractivity contribution in [1.29, 1.82) is 0 Å². The predicted molar refractivity (Wildman–Crippen MR) is 42.7 cm³/mol. The number of aliphatic hydroxyl groups is 1. The van der Waals surface area contributed by atoms with E-state index in [4.69, 9.17) is 5.11 Å². The van der Waals surface area contributed by atoms with Gasteiger partial charge in [-0.3, -0.25) is 0 Å². The molecule has 58 valence electrons. The first-order valence-corrected chi connectivity index (χ1v) is 4.02. The molecular formula is C9H16O. The summed E-state index contributed by atoms with van der Waals surface area (Å²) in [6.45, 7) is 6.36. The van der Waals surface area contributed by atoms with Gasteiger partial charge in [0.15, 0.2) is 0 Å². The molecule has 0 unspecified atom stereocenters. The van der Waals surface area contributed by atoms with Crippen LogP contribution in [0, 0.1) is 11.8 Å². The Labute approximate surface area is 62.8 Å². The van der Waals surface area contributed by atoms with E-state index in [1.165, 1.54) is 18.4 Å². The summed E-state index contributed by atoms with van der Waals surface area (Å²) in [6, 6.07) is 0. The molecule has 1 rings (SSSR count). The number of rotatable bonds is 3. The van der Waals surface area contributed by atoms with Crippen molar-refractivity contribution >= 4 is 0 Å². The summed E-state index contributed by atoms with van der Waals surface area (Å²) in [7, 11) is 0. The average molecular weight is 140 g/mol. The topological polar surface area (TPSA) is 20.2 Å². The van der Waals surface area contributed by atoms with E-state index < -0.39 is 0 Å². The Balaban J connectivity index is 2.28. The second kappa shape index (κ2) is 3.20. The zero-order valence-corrected chi connectivity index (χ0v) is 6.64. The van der Waals surface area contributed by atoms with Crippen molar-refractivity contribution in [2.45, 2.75) is 26.2 Å². The van der Waals surface area contributed by atoms with Gasteiger partial charge in [-0.1, -0.05) is 12.2 Å². The first-order valence-electron chi connectivity index (χ1n) is 4.02. The molecule has 0 aliphatic heterocycles. The van der Waals surface area contributed by atoms with Crippen LogP contribution in [0.25, 0.3) is 0 Å². The molecule has 0 saturated heterocycles. The minimum Gasteiger partial charge on any atom is -0.396 e. The maximum atomic E-state index is 8.67. The molecule has 0 amide bonds. The van der Waals surface area contributed by atoms with Crippen LogP contribution < -0.4 is 0 Å². The Hall–Kier alpha value is -0.300. The zero-order chi connectivity index (χ0) is 7.56. The first-order chi connectivity index (χ1) is 4.75. The average Bonchev–Trinajstić information content (AvgIpc) is 1.78. The highest BCUT2D eigenvalue weighted by atomic mass is 16.3. The fraction of sp³-hybridized carbons (Fsp3) is 0.778. The lowest BCUT2D eigenvalue weighted by molar-refractivity contribution is 0.155. The van der Waals surface area contributed by atoms with E-state index in [0.717, 1.165) is 12.3 Å². The Morgan fingerprint density at radius 3 is 2.60 bits per heavy atom. The quantitative estimate of drug-likeness (QED) is 0.594. The molecule has 1 nitrogen and oxygen atoms in total. The van der Waals surface area contributed by atoms with E-state index >= 15 is 0 Å². The fourth-order valence-corrected chi connectivity index (χ4v) is 1.73. The van der Waals surface area contributed by atoms with Gasteiger partial charge in [0.25, 0.3) is 0 Å². The van der Waals surface area contributed by atoms with Crippen LogP contribution in [-0.4, -0.2) is 11.7 Å². The van der Waals surface area contributed by atoms with Gasteiger partial charge in [-0.05, 0) is 38.0 Å². The molecule has 0 aromatic rings. The first kappa shape index (κ1) is 7.80. The standard InChI is InChI=1S/C9H16O/c1-7(2)9-4-3-8(9)5-6-10/h8-10H,1,3-6H2,2H3/t8-,9+/m1/s1. The van der Waals surface area contributed by atoms with Gasteiger partial charge < -0.3 is 5.11 Å². The molecule has 1 aliphatic rings. The largest absolute Gasteiger partial charge is 0.396 e. The number of hydrogen-bond donors (Lipinski definition) is 1. The van der Waals surface area contributed by atoms with Crippen LogP contribution in [0.1, 0.15) is 26.2 Å². The smallest absolute Gasteiger partial charge is 0.0433 e. The molecule has 1 fully saturated rings. The van der Waals surface area contributed by atoms with E-state index in [2.05, 4.69) is 13.5 Å². The molecule has 0 aromatic carbocycles. The Bertz CT molecular complexity index is 129. The number of allylic oxidation sites excluding steroid dienone is 1. The molecule has 0 radical (unpaired) electrons. The van der Waals surface area contributed by atoms with E-state index in [9.17, 15) is 0 Å². The summed E-state index contributed by atoms with van der Waals surface area (Å²) in [5.41, 5.74) is 1.30. The van der Waals surface area contributed by atoms with Gasteiger partial charge in [-0.25, -0.2) is 0 Å². The zero-order valence-electron chi connectivity index (χ0n) is 6.64. The minimum absolute atomic E-state index is 0.342. The fourth-order valence-electron chi connectivity index (χ4n) is 1.73. The summed E-state index contributed by atoms with van der Waals surface area (Å²) in [5.74, 6) is 1.45. The van der Waals surface area contributed by atoms with Crippen LogP contribution >= 0.6 is 0 Å². The number of hydrogen-bond acceptors (Lipinski definition) is 1. The summed E-state index contributed by atoms with van der Waals surface area (Å²) in [4.78, 5) is 0. The van der Waals surface area contributed by atoms with Crippen molar-refractivity contribution in [3.63, 3.8) is 0 Å². The van der Waals surface area contributed by atoms with Crippen LogP contribution in [0.5, 0.6) is 0 Å². The third-order valence-electron chi connectivity index (χ3n) is 2.55. The highest BCUT2D eigenvalue weighted by molar-refractivity contribution is 5.03. The van der Waals surface area contributed by atoms with Crippen molar-refractivity contribution in [3.05, 3.63) is 12.2 Å². The van der Waals surface area contributed by atoms with Crippen LogP contribution in [0.4, 0.5) is 0 Å². The Morgan fingerprint density at radius 1 is 1.60 bits per heavy atom. The van der Waals surface area contributed by atoms with Crippen molar-refractivity contribution in [2.24, 2.45) is 11.8 Å². The van der Waals surface area contributed by atoms with Crippen molar-refractivity contribution in [3.8, 4) is 0 Å². The maximum Gasteiger partial charge on any atom is 0.0433 e. The molecular weight excluding hydrogens is 124 g/mol. The van der Waals surface area contributed by atoms with E-state index in [1.54, 1.807) is 0 Å². The highest BCUT2D eigenvalue weighted by Gasteiger charge is 2.30. The Morgan fingerprint density at radius 2 is 2.30 bits per heavy atom. The van der Waals surface area contributed by atoms with Gasteiger partial charge in [-0.15, -0.1) is 0 Å². The van der Waals surface area contributed by atoms with Crippen molar-refractivity contribution < 1.29 is 5.11 Å². The molecule has 0 heterocycles. The van der Waals surface area contributed by atoms with Crippen LogP contribution in [0.3, 0.4) is 0 Å². The Kier molecular flexibility index (Phi) is 2.50. The third kappa shape index (κ3) is 1.40. The molecule has 1 N–H and O–H groups in total. The number of aliphatic hydroxyl groups excluding tert-OH is 1. The third-order valence-corrected chi connectivity index (χ3v) is 2.55. The molecule has 0 bridgehead atoms. The lowest BCUT2D eigenvalue weighted by Gasteiger charge is -2.36. The van der Waals surface area contributed by atoms with Crippen molar-refractivity contribution in [2.75, 3.05) is 6.61 Å². The SMILES string of the molecule is C=C(C)[C@@H]1CC[C@@H]1CCO. The second-order valence-corrected chi connectivity index (χ2v) is 3.30. The lowest BCUT2D eigenvalue weighted by atomic mass is 9.69. The van der Waals surface area contributed by atoms with Gasteiger partial charge in [-0.2, -0.15) is 0 Å². The van der Waals surface area contributed by atoms with Crippen LogP contribution in [0.15, 0.2) is 12.2 Å². The molecule has 1 heteroatoms. The maximum absolute atomic E-state index is 8.67. The van der Waals surface area contributed by atoms with E-state index in [0.29, 0.717) is 12.5 Å². The highest BCUT2D eigenvalue weighted by Crippen LogP contribution is 2.40. The molecule has 1 saturated carbocycles. The molecule has 2 atom stereocenters. The van der Waals surface area contributed by atoms with Gasteiger partial charge >= 0.3 is 0 Å². The van der Waals surface area contributed by atoms with Gasteiger partial charge in [0, 0.05) is 6.61 Å². The van der Waals surface area contributed by atoms with Gasteiger partial charge in [0.2, 0.25) is 0 Å². The normalized spacial score (nSPS) is 31.4. The molecule has 10 heavy (non-hydrogen) atoms. The van der Waals surface area contributed by atoms with E-state index in [-0.39, 0.29) is 0 Å². The summed E-state index contributed by atoms with van der Waals surface area (Å²) in [5, 5.41) is 8.67. The lowest BCUT2D eigenvalue weighted by Crippen LogP contribution is -2.27.